The van der Waals surface area contributed by atoms with E-state index in [0.717, 1.165) is 5.69 Å². The summed E-state index contributed by atoms with van der Waals surface area (Å²) in [5.74, 6) is 1.06. The minimum atomic E-state index is -0.264. The van der Waals surface area contributed by atoms with Crippen molar-refractivity contribution in [3.8, 4) is 0 Å². The van der Waals surface area contributed by atoms with Crippen molar-refractivity contribution in [3.63, 3.8) is 0 Å². The van der Waals surface area contributed by atoms with Crippen LogP contribution in [0.2, 0.25) is 0 Å². The quantitative estimate of drug-likeness (QED) is 0.712. The number of amides is 1. The Morgan fingerprint density at radius 2 is 1.77 bits per heavy atom. The first-order valence-electron chi connectivity index (χ1n) is 8.45. The van der Waals surface area contributed by atoms with Gasteiger partial charge in [-0.1, -0.05) is 18.2 Å². The fourth-order valence-electron chi connectivity index (χ4n) is 2.20. The number of carbonyl (C=O) groups is 1. The molecule has 0 radical (unpaired) electrons. The van der Waals surface area contributed by atoms with Crippen LogP contribution in [0.3, 0.4) is 0 Å². The summed E-state index contributed by atoms with van der Waals surface area (Å²) < 4.78 is 0. The highest BCUT2D eigenvalue weighted by atomic mass is 32.2. The van der Waals surface area contributed by atoms with Crippen LogP contribution in [-0.4, -0.2) is 31.6 Å². The van der Waals surface area contributed by atoms with Crippen LogP contribution in [0, 0.1) is 0 Å². The Kier molecular flexibility index (Phi) is 6.42. The summed E-state index contributed by atoms with van der Waals surface area (Å²) in [7, 11) is 0. The fraction of sp³-hybridized carbons (Fsp3) is 0.444. The molecule has 140 valence electrons. The number of hydrogen-bond acceptors (Lipinski definition) is 7. The van der Waals surface area contributed by atoms with Gasteiger partial charge in [0.2, 0.25) is 17.8 Å². The molecule has 0 spiro atoms. The van der Waals surface area contributed by atoms with E-state index in [1.807, 2.05) is 65.0 Å². The Balaban J connectivity index is 2.08. The summed E-state index contributed by atoms with van der Waals surface area (Å²) in [6.07, 6.45) is 0. The van der Waals surface area contributed by atoms with Gasteiger partial charge >= 0.3 is 0 Å². The van der Waals surface area contributed by atoms with Gasteiger partial charge in [0, 0.05) is 11.2 Å². The van der Waals surface area contributed by atoms with Crippen molar-refractivity contribution in [1.82, 2.24) is 20.3 Å². The molecular formula is C18H26N6OS. The first kappa shape index (κ1) is 20.0. The van der Waals surface area contributed by atoms with E-state index in [2.05, 4.69) is 25.6 Å². The Morgan fingerprint density at radius 1 is 1.12 bits per heavy atom. The van der Waals surface area contributed by atoms with Crippen molar-refractivity contribution in [2.45, 2.75) is 50.7 Å². The highest BCUT2D eigenvalue weighted by Gasteiger charge is 2.23. The standard InChI is InChI=1S/C18H26N6OS/c1-11(26-12(2)15(25)24-18(3,4)5)14-21-16(19)23-17(22-14)20-13-9-7-6-8-10-13/h6-12H,1-5H3,(H,24,25)(H3,19,20,21,22,23). The fourth-order valence-corrected chi connectivity index (χ4v) is 3.22. The zero-order chi connectivity index (χ0) is 19.3. The van der Waals surface area contributed by atoms with Gasteiger partial charge in [-0.25, -0.2) is 0 Å². The number of anilines is 3. The van der Waals surface area contributed by atoms with E-state index >= 15 is 0 Å². The second kappa shape index (κ2) is 8.35. The normalized spacial score (nSPS) is 13.7. The number of rotatable bonds is 6. The number of para-hydroxylation sites is 1. The number of nitrogens with one attached hydrogen (secondary N) is 2. The Hall–Kier alpha value is -2.35. The number of benzene rings is 1. The molecule has 1 amide bonds. The number of aromatic nitrogens is 3. The zero-order valence-corrected chi connectivity index (χ0v) is 16.6. The van der Waals surface area contributed by atoms with Crippen LogP contribution in [0.1, 0.15) is 45.7 Å². The maximum atomic E-state index is 12.3. The van der Waals surface area contributed by atoms with Crippen LogP contribution in [0.5, 0.6) is 0 Å². The average molecular weight is 375 g/mol. The minimum Gasteiger partial charge on any atom is -0.368 e. The van der Waals surface area contributed by atoms with E-state index in [0.29, 0.717) is 11.8 Å². The summed E-state index contributed by atoms with van der Waals surface area (Å²) in [4.78, 5) is 25.1. The molecule has 2 atom stereocenters. The molecule has 2 rings (SSSR count). The van der Waals surface area contributed by atoms with Crippen LogP contribution < -0.4 is 16.4 Å². The van der Waals surface area contributed by atoms with Gasteiger partial charge in [0.1, 0.15) is 5.82 Å². The predicted octanol–water partition coefficient (Wildman–Crippen LogP) is 3.29. The smallest absolute Gasteiger partial charge is 0.233 e. The SMILES string of the molecule is CC(SC(C)c1nc(N)nc(Nc2ccccc2)n1)C(=O)NC(C)(C)C. The van der Waals surface area contributed by atoms with Gasteiger partial charge in [0.05, 0.1) is 10.5 Å². The average Bonchev–Trinajstić information content (AvgIpc) is 2.53. The molecule has 0 aliphatic rings. The first-order valence-corrected chi connectivity index (χ1v) is 9.39. The topological polar surface area (TPSA) is 106 Å². The number of nitrogens with two attached hydrogens (primary N) is 1. The van der Waals surface area contributed by atoms with E-state index in [-0.39, 0.29) is 27.9 Å². The third kappa shape index (κ3) is 6.18. The predicted molar refractivity (Wildman–Crippen MR) is 107 cm³/mol. The van der Waals surface area contributed by atoms with Gasteiger partial charge < -0.3 is 16.4 Å². The van der Waals surface area contributed by atoms with Gasteiger partial charge in [0.25, 0.3) is 0 Å². The molecule has 0 fully saturated rings. The monoisotopic (exact) mass is 374 g/mol. The van der Waals surface area contributed by atoms with E-state index < -0.39 is 0 Å². The molecule has 4 N–H and O–H groups in total. The largest absolute Gasteiger partial charge is 0.368 e. The Bertz CT molecular complexity index is 747. The summed E-state index contributed by atoms with van der Waals surface area (Å²) in [5, 5.41) is 5.74. The Morgan fingerprint density at radius 3 is 2.38 bits per heavy atom. The van der Waals surface area contributed by atoms with Crippen molar-refractivity contribution >= 4 is 35.3 Å². The van der Waals surface area contributed by atoms with E-state index in [1.165, 1.54) is 11.8 Å². The zero-order valence-electron chi connectivity index (χ0n) is 15.8. The lowest BCUT2D eigenvalue weighted by molar-refractivity contribution is -0.121. The van der Waals surface area contributed by atoms with Crippen LogP contribution >= 0.6 is 11.8 Å². The summed E-state index contributed by atoms with van der Waals surface area (Å²) >= 11 is 1.48. The van der Waals surface area contributed by atoms with Gasteiger partial charge in [-0.05, 0) is 46.8 Å². The second-order valence-corrected chi connectivity index (χ2v) is 8.71. The Labute approximate surface area is 158 Å². The highest BCUT2D eigenvalue weighted by Crippen LogP contribution is 2.30. The molecule has 1 aromatic heterocycles. The highest BCUT2D eigenvalue weighted by molar-refractivity contribution is 8.00. The lowest BCUT2D eigenvalue weighted by Gasteiger charge is -2.24. The molecular weight excluding hydrogens is 348 g/mol. The molecule has 2 unspecified atom stereocenters. The van der Waals surface area contributed by atoms with Crippen LogP contribution in [0.4, 0.5) is 17.6 Å². The van der Waals surface area contributed by atoms with Gasteiger partial charge in [-0.3, -0.25) is 4.79 Å². The molecule has 0 saturated heterocycles. The lowest BCUT2D eigenvalue weighted by atomic mass is 10.1. The number of nitrogens with zero attached hydrogens (tertiary/aromatic N) is 3. The third-order valence-electron chi connectivity index (χ3n) is 3.34. The molecule has 2 aromatic rings. The summed E-state index contributed by atoms with van der Waals surface area (Å²) in [5.41, 5.74) is 6.43. The van der Waals surface area contributed by atoms with Gasteiger partial charge in [-0.2, -0.15) is 15.0 Å². The first-order chi connectivity index (χ1) is 12.1. The summed E-state index contributed by atoms with van der Waals surface area (Å²) in [6, 6.07) is 9.60. The van der Waals surface area contributed by atoms with E-state index in [9.17, 15) is 4.79 Å². The molecule has 0 aliphatic heterocycles. The molecule has 1 heterocycles. The van der Waals surface area contributed by atoms with Crippen molar-refractivity contribution in [2.75, 3.05) is 11.1 Å². The van der Waals surface area contributed by atoms with Crippen LogP contribution in [0.25, 0.3) is 0 Å². The number of thioether (sulfide) groups is 1. The van der Waals surface area contributed by atoms with Crippen molar-refractivity contribution < 1.29 is 4.79 Å². The molecule has 1 aromatic carbocycles. The third-order valence-corrected chi connectivity index (χ3v) is 4.58. The van der Waals surface area contributed by atoms with Crippen molar-refractivity contribution in [3.05, 3.63) is 36.2 Å². The minimum absolute atomic E-state index is 0.0148. The van der Waals surface area contributed by atoms with Gasteiger partial charge in [0.15, 0.2) is 0 Å². The van der Waals surface area contributed by atoms with E-state index in [1.54, 1.807) is 0 Å². The maximum Gasteiger partial charge on any atom is 0.233 e. The van der Waals surface area contributed by atoms with Crippen molar-refractivity contribution in [2.24, 2.45) is 0 Å². The number of carbonyl (C=O) groups excluding carboxylic acids is 1. The number of nitrogen functional groups attached to an aromatic ring is 1. The molecule has 0 saturated carbocycles. The maximum absolute atomic E-state index is 12.3. The lowest BCUT2D eigenvalue weighted by Crippen LogP contribution is -2.44. The second-order valence-electron chi connectivity index (χ2n) is 7.03. The summed E-state index contributed by atoms with van der Waals surface area (Å²) in [6.45, 7) is 9.70. The number of hydrogen-bond donors (Lipinski definition) is 3. The van der Waals surface area contributed by atoms with Crippen molar-refractivity contribution in [1.29, 1.82) is 0 Å². The van der Waals surface area contributed by atoms with Crippen LogP contribution in [0.15, 0.2) is 30.3 Å². The molecule has 7 nitrogen and oxygen atoms in total. The molecule has 8 heteroatoms. The molecule has 26 heavy (non-hydrogen) atoms. The molecule has 0 bridgehead atoms. The van der Waals surface area contributed by atoms with E-state index in [4.69, 9.17) is 5.73 Å². The van der Waals surface area contributed by atoms with Crippen LogP contribution in [-0.2, 0) is 4.79 Å². The molecule has 0 aliphatic carbocycles. The van der Waals surface area contributed by atoms with Gasteiger partial charge in [-0.15, -0.1) is 11.8 Å².